The van der Waals surface area contributed by atoms with Crippen LogP contribution >= 0.6 is 0 Å². The van der Waals surface area contributed by atoms with Crippen LogP contribution in [0.15, 0.2) is 0 Å². The van der Waals surface area contributed by atoms with Crippen LogP contribution in [0, 0.1) is 17.2 Å². The Labute approximate surface area is 174 Å². The lowest BCUT2D eigenvalue weighted by Crippen LogP contribution is -2.60. The summed E-state index contributed by atoms with van der Waals surface area (Å²) in [7, 11) is -5.89. The minimum atomic E-state index is -5.89. The molecule has 0 unspecified atom stereocenters. The van der Waals surface area contributed by atoms with Crippen molar-refractivity contribution < 1.29 is 45.8 Å². The molecule has 0 aromatic heterocycles. The number of hydrogen-bond donors (Lipinski definition) is 1. The van der Waals surface area contributed by atoms with Gasteiger partial charge in [0.25, 0.3) is 5.91 Å². The van der Waals surface area contributed by atoms with Gasteiger partial charge in [-0.1, -0.05) is 0 Å². The molecule has 1 N–H and O–H groups in total. The summed E-state index contributed by atoms with van der Waals surface area (Å²) in [5.74, 6) is -2.59. The second-order valence-corrected chi connectivity index (χ2v) is 9.23. The monoisotopic (exact) mass is 467 g/mol. The van der Waals surface area contributed by atoms with Crippen LogP contribution in [0.4, 0.5) is 18.0 Å². The average Bonchev–Trinajstić information content (AvgIpc) is 3.37. The van der Waals surface area contributed by atoms with Gasteiger partial charge in [0, 0.05) is 6.54 Å². The molecular weight excluding hydrogens is 449 g/mol. The zero-order valence-corrected chi connectivity index (χ0v) is 16.7. The Kier molecular flexibility index (Phi) is 6.07. The number of carbonyl (C=O) groups excluding carboxylic acids is 3. The van der Waals surface area contributed by atoms with Crippen molar-refractivity contribution in [3.8, 4) is 6.07 Å². The van der Waals surface area contributed by atoms with Gasteiger partial charge in [0.2, 0.25) is 5.91 Å². The quantitative estimate of drug-likeness (QED) is 0.520. The number of alkyl halides is 3. The molecule has 2 aliphatic heterocycles. The first-order chi connectivity index (χ1) is 14.4. The summed E-state index contributed by atoms with van der Waals surface area (Å²) in [5, 5.41) is 20.9. The van der Waals surface area contributed by atoms with Gasteiger partial charge in [-0.2, -0.15) is 26.9 Å². The summed E-state index contributed by atoms with van der Waals surface area (Å²) in [5.41, 5.74) is -5.68. The van der Waals surface area contributed by atoms with E-state index in [4.69, 9.17) is 4.74 Å². The first-order valence-corrected chi connectivity index (χ1v) is 10.8. The highest BCUT2D eigenvalue weighted by Gasteiger charge is 2.56. The van der Waals surface area contributed by atoms with Crippen molar-refractivity contribution in [1.82, 2.24) is 14.5 Å². The van der Waals surface area contributed by atoms with Crippen molar-refractivity contribution in [3.63, 3.8) is 0 Å². The lowest BCUT2D eigenvalue weighted by Gasteiger charge is -2.41. The van der Waals surface area contributed by atoms with Gasteiger partial charge in [0.15, 0.2) is 0 Å². The summed E-state index contributed by atoms with van der Waals surface area (Å²) in [6.07, 6.45) is -1.17. The van der Waals surface area contributed by atoms with Crippen molar-refractivity contribution in [2.24, 2.45) is 5.92 Å². The maximum absolute atomic E-state index is 12.9. The van der Waals surface area contributed by atoms with E-state index >= 15 is 0 Å². The fourth-order valence-corrected chi connectivity index (χ4v) is 4.98. The Morgan fingerprint density at radius 3 is 2.52 bits per heavy atom. The van der Waals surface area contributed by atoms with Gasteiger partial charge in [-0.3, -0.25) is 9.59 Å². The first-order valence-electron chi connectivity index (χ1n) is 9.30. The second kappa shape index (κ2) is 8.15. The molecule has 3 amide bonds. The summed E-state index contributed by atoms with van der Waals surface area (Å²) in [6.45, 7) is -0.731. The van der Waals surface area contributed by atoms with E-state index in [0.29, 0.717) is 19.4 Å². The highest BCUT2D eigenvalue weighted by atomic mass is 32.2. The lowest BCUT2D eigenvalue weighted by molar-refractivity contribution is -0.272. The van der Waals surface area contributed by atoms with Gasteiger partial charge in [-0.05, 0) is 31.6 Å². The smallest absolute Gasteiger partial charge is 0.516 e. The number of ether oxygens (including phenoxy) is 1. The van der Waals surface area contributed by atoms with Gasteiger partial charge in [-0.15, -0.1) is 0 Å². The number of nitriles is 1. The molecule has 2 bridgehead atoms. The van der Waals surface area contributed by atoms with E-state index in [9.17, 15) is 46.3 Å². The maximum Gasteiger partial charge on any atom is 0.516 e. The zero-order chi connectivity index (χ0) is 23.1. The fourth-order valence-electron chi connectivity index (χ4n) is 4.50. The number of piperidine rings is 1. The molecule has 172 valence electrons. The first kappa shape index (κ1) is 23.1. The number of sulfonamides is 1. The van der Waals surface area contributed by atoms with Crippen LogP contribution in [0.2, 0.25) is 0 Å². The number of rotatable bonds is 5. The molecule has 5 atom stereocenters. The van der Waals surface area contributed by atoms with Crippen molar-refractivity contribution in [1.29, 1.82) is 5.26 Å². The van der Waals surface area contributed by atoms with Crippen molar-refractivity contribution in [2.45, 2.75) is 55.4 Å². The normalized spacial score (nSPS) is 30.3. The summed E-state index contributed by atoms with van der Waals surface area (Å²) < 4.78 is 64.9. The van der Waals surface area contributed by atoms with E-state index in [0.717, 1.165) is 9.62 Å². The van der Waals surface area contributed by atoms with E-state index in [-0.39, 0.29) is 12.8 Å². The lowest BCUT2D eigenvalue weighted by atomic mass is 9.96. The molecule has 0 aromatic rings. The third-order valence-electron chi connectivity index (χ3n) is 5.74. The molecule has 0 spiro atoms. The van der Waals surface area contributed by atoms with Crippen molar-refractivity contribution in [3.05, 3.63) is 0 Å². The largest absolute Gasteiger partial charge is 0.530 e. The minimum Gasteiger partial charge on any atom is -0.530 e. The van der Waals surface area contributed by atoms with Crippen LogP contribution in [0.3, 0.4) is 0 Å². The van der Waals surface area contributed by atoms with E-state index in [1.165, 1.54) is 4.90 Å². The topological polar surface area (TPSA) is 160 Å². The highest BCUT2D eigenvalue weighted by Crippen LogP contribution is 2.44. The van der Waals surface area contributed by atoms with Gasteiger partial charge >= 0.3 is 15.5 Å². The zero-order valence-electron chi connectivity index (χ0n) is 15.9. The molecule has 1 saturated carbocycles. The number of amides is 3. The number of carbonyl (C=O) groups is 3. The highest BCUT2D eigenvalue weighted by molar-refractivity contribution is 7.90. The molecule has 3 fully saturated rings. The van der Waals surface area contributed by atoms with Crippen LogP contribution in [-0.2, 0) is 24.3 Å². The third kappa shape index (κ3) is 4.26. The Bertz CT molecular complexity index is 919. The second-order valence-electron chi connectivity index (χ2n) is 7.56. The molecule has 0 radical (unpaired) electrons. The summed E-state index contributed by atoms with van der Waals surface area (Å²) >= 11 is 0. The van der Waals surface area contributed by atoms with Crippen LogP contribution < -0.4 is 9.83 Å². The molecule has 31 heavy (non-hydrogen) atoms. The number of hydrogen-bond acceptors (Lipinski definition) is 8. The van der Waals surface area contributed by atoms with Crippen molar-refractivity contribution >= 4 is 27.9 Å². The van der Waals surface area contributed by atoms with Crippen LogP contribution in [0.5, 0.6) is 0 Å². The number of fused-ring (bicyclic) bond motifs is 2. The Morgan fingerprint density at radius 1 is 1.26 bits per heavy atom. The standard InChI is InChI=1S/C16H19F3N4O7S/c17-16(18,19)31(28,29)21-12(24)7-30-11-5-8-4-10(11)23(15(26)27)13(8)14(25)22-3-1-2-9(22)6-20/h8-11,13H,1-5,7H2,(H,21,24)(H,26,27)/p-1/t8-,9-,10+,11+,13-/m0/s1. The molecule has 2 saturated heterocycles. The number of nitrogens with one attached hydrogen (secondary N) is 1. The predicted octanol–water partition coefficient (Wildman–Crippen LogP) is -1.34. The predicted molar refractivity (Wildman–Crippen MR) is 90.7 cm³/mol. The minimum absolute atomic E-state index is 0.134. The Hall–Kier alpha value is -2.60. The number of likely N-dealkylation sites (tertiary alicyclic amines) is 2. The average molecular weight is 467 g/mol. The molecule has 2 heterocycles. The molecule has 15 heteroatoms. The number of halogens is 3. The van der Waals surface area contributed by atoms with Gasteiger partial charge in [-0.25, -0.2) is 4.72 Å². The van der Waals surface area contributed by atoms with Gasteiger partial charge in [0.05, 0.1) is 18.2 Å². The molecule has 1 aliphatic carbocycles. The summed E-state index contributed by atoms with van der Waals surface area (Å²) in [6, 6.07) is -0.619. The number of nitrogens with zero attached hydrogens (tertiary/aromatic N) is 3. The van der Waals surface area contributed by atoms with E-state index in [2.05, 4.69) is 0 Å². The fraction of sp³-hybridized carbons (Fsp3) is 0.750. The van der Waals surface area contributed by atoms with Crippen LogP contribution in [0.1, 0.15) is 25.7 Å². The van der Waals surface area contributed by atoms with Crippen LogP contribution in [0.25, 0.3) is 0 Å². The molecule has 3 aliphatic rings. The number of carboxylic acid groups (broad SMARTS) is 1. The van der Waals surface area contributed by atoms with Crippen molar-refractivity contribution in [2.75, 3.05) is 13.2 Å². The van der Waals surface area contributed by atoms with E-state index in [1.54, 1.807) is 0 Å². The third-order valence-corrected chi connectivity index (χ3v) is 6.85. The molecule has 3 rings (SSSR count). The van der Waals surface area contributed by atoms with E-state index in [1.807, 2.05) is 6.07 Å². The maximum atomic E-state index is 12.9. The van der Waals surface area contributed by atoms with Gasteiger partial charge < -0.3 is 24.4 Å². The molecule has 0 aromatic carbocycles. The molecule has 11 nitrogen and oxygen atoms in total. The van der Waals surface area contributed by atoms with E-state index < -0.39 is 70.2 Å². The van der Waals surface area contributed by atoms with Gasteiger partial charge in [0.1, 0.15) is 24.8 Å². The molecular formula is C16H18F3N4O7S-. The SMILES string of the molecule is N#C[C@@H]1CCCN1C(=O)[C@@H]1[C@H]2C[C@H]([C@H](OCC(=O)NS(=O)(=O)C(F)(F)F)C2)N1C(=O)[O-]. The van der Waals surface area contributed by atoms with Crippen LogP contribution in [-0.4, -0.2) is 79.0 Å². The summed E-state index contributed by atoms with van der Waals surface area (Å²) in [4.78, 5) is 38.3. The Morgan fingerprint density at radius 2 is 1.94 bits per heavy atom. The Balaban J connectivity index is 1.64.